The Morgan fingerprint density at radius 3 is 2.09 bits per heavy atom. The number of amides is 3. The van der Waals surface area contributed by atoms with Crippen molar-refractivity contribution in [3.8, 4) is 11.3 Å². The van der Waals surface area contributed by atoms with E-state index in [2.05, 4.69) is 11.5 Å². The molecular weight excluding hydrogens is 568 g/mol. The van der Waals surface area contributed by atoms with Crippen molar-refractivity contribution < 1.29 is 31.9 Å². The first-order valence-corrected chi connectivity index (χ1v) is 14.0. The van der Waals surface area contributed by atoms with Gasteiger partial charge in [-0.05, 0) is 25.2 Å². The Balaban J connectivity index is 1.31. The van der Waals surface area contributed by atoms with Crippen LogP contribution in [0.5, 0.6) is 0 Å². The zero-order chi connectivity index (χ0) is 30.6. The van der Waals surface area contributed by atoms with Crippen molar-refractivity contribution in [2.24, 2.45) is 5.92 Å². The third-order valence-corrected chi connectivity index (χ3v) is 8.46. The van der Waals surface area contributed by atoms with Gasteiger partial charge in [-0.2, -0.15) is 18.3 Å². The molecule has 0 N–H and O–H groups in total. The molecule has 0 aliphatic carbocycles. The lowest BCUT2D eigenvalue weighted by Gasteiger charge is -2.41. The van der Waals surface area contributed by atoms with Crippen LogP contribution in [0.1, 0.15) is 22.0 Å². The molecule has 9 nitrogen and oxygen atoms in total. The van der Waals surface area contributed by atoms with Crippen molar-refractivity contribution in [3.63, 3.8) is 0 Å². The molecule has 6 rings (SSSR count). The molecule has 0 atom stereocenters. The standard InChI is InChI=1S/C30H30F4N6O3/c1-18(31)27(41)39-16-22(17-39)40-26-23(25(35-40)19-6-8-21(9-7-19)30(32,33)34)4-3-5-24(26)29(43)38-12-10-37(11-13-38)28(42)20-14-36(2)15-20/h3-9,20,22H,1,10-17H2,2H3. The van der Waals surface area contributed by atoms with Crippen molar-refractivity contribution in [2.75, 3.05) is 59.4 Å². The lowest BCUT2D eigenvalue weighted by Crippen LogP contribution is -2.57. The number of hydrogen-bond donors (Lipinski definition) is 0. The molecule has 3 aliphatic heterocycles. The predicted molar refractivity (Wildman–Crippen MR) is 150 cm³/mol. The van der Waals surface area contributed by atoms with Crippen LogP contribution < -0.4 is 0 Å². The largest absolute Gasteiger partial charge is 0.416 e. The molecule has 2 aromatic carbocycles. The molecule has 3 amide bonds. The summed E-state index contributed by atoms with van der Waals surface area (Å²) in [5.74, 6) is -2.07. The van der Waals surface area contributed by atoms with Crippen molar-refractivity contribution in [3.05, 3.63) is 66.0 Å². The second-order valence-electron chi connectivity index (χ2n) is 11.4. The highest BCUT2D eigenvalue weighted by Gasteiger charge is 2.38. The highest BCUT2D eigenvalue weighted by atomic mass is 19.4. The number of carbonyl (C=O) groups excluding carboxylic acids is 3. The predicted octanol–water partition coefficient (Wildman–Crippen LogP) is 3.43. The van der Waals surface area contributed by atoms with E-state index in [1.54, 1.807) is 32.7 Å². The molecule has 43 heavy (non-hydrogen) atoms. The van der Waals surface area contributed by atoms with Gasteiger partial charge in [0.15, 0.2) is 5.83 Å². The van der Waals surface area contributed by atoms with Crippen molar-refractivity contribution >= 4 is 28.6 Å². The molecule has 3 aliphatic rings. The third-order valence-electron chi connectivity index (χ3n) is 8.46. The van der Waals surface area contributed by atoms with Crippen LogP contribution in [0.25, 0.3) is 22.2 Å². The van der Waals surface area contributed by atoms with E-state index in [4.69, 9.17) is 5.10 Å². The van der Waals surface area contributed by atoms with E-state index in [0.717, 1.165) is 25.2 Å². The van der Waals surface area contributed by atoms with E-state index in [-0.39, 0.29) is 30.8 Å². The van der Waals surface area contributed by atoms with E-state index >= 15 is 0 Å². The summed E-state index contributed by atoms with van der Waals surface area (Å²) in [4.78, 5) is 45.6. The zero-order valence-corrected chi connectivity index (χ0v) is 23.5. The van der Waals surface area contributed by atoms with E-state index in [0.29, 0.717) is 53.9 Å². The number of nitrogens with zero attached hydrogens (tertiary/aromatic N) is 6. The minimum Gasteiger partial charge on any atom is -0.339 e. The Bertz CT molecular complexity index is 1600. The number of alkyl halides is 3. The lowest BCUT2D eigenvalue weighted by molar-refractivity contribution is -0.142. The zero-order valence-electron chi connectivity index (χ0n) is 23.5. The second-order valence-corrected chi connectivity index (χ2v) is 11.4. The van der Waals surface area contributed by atoms with Crippen LogP contribution in [0.4, 0.5) is 17.6 Å². The summed E-state index contributed by atoms with van der Waals surface area (Å²) in [6.45, 7) is 6.33. The fraction of sp³-hybridized carbons (Fsp3) is 0.400. The number of carbonyl (C=O) groups is 3. The Morgan fingerprint density at radius 1 is 0.884 bits per heavy atom. The number of hydrogen-bond acceptors (Lipinski definition) is 5. The molecule has 3 aromatic rings. The Labute approximate surface area is 244 Å². The smallest absolute Gasteiger partial charge is 0.339 e. The number of halogens is 4. The molecule has 4 heterocycles. The summed E-state index contributed by atoms with van der Waals surface area (Å²) in [6, 6.07) is 9.37. The van der Waals surface area contributed by atoms with E-state index in [1.807, 2.05) is 7.05 Å². The topological polar surface area (TPSA) is 82.0 Å². The monoisotopic (exact) mass is 598 g/mol. The van der Waals surface area contributed by atoms with Gasteiger partial charge in [-0.1, -0.05) is 30.8 Å². The van der Waals surface area contributed by atoms with Crippen LogP contribution in [0, 0.1) is 5.92 Å². The number of rotatable bonds is 5. The van der Waals surface area contributed by atoms with Crippen LogP contribution in [-0.2, 0) is 15.8 Å². The summed E-state index contributed by atoms with van der Waals surface area (Å²) < 4.78 is 54.7. The number of benzene rings is 2. The van der Waals surface area contributed by atoms with Crippen molar-refractivity contribution in [1.82, 2.24) is 29.4 Å². The second kappa shape index (κ2) is 10.8. The number of aromatic nitrogens is 2. The van der Waals surface area contributed by atoms with Gasteiger partial charge in [-0.15, -0.1) is 0 Å². The van der Waals surface area contributed by atoms with Crippen molar-refractivity contribution in [2.45, 2.75) is 12.2 Å². The minimum atomic E-state index is -4.50. The highest BCUT2D eigenvalue weighted by Crippen LogP contribution is 2.37. The molecule has 226 valence electrons. The van der Waals surface area contributed by atoms with Gasteiger partial charge < -0.3 is 19.6 Å². The Hall–Kier alpha value is -4.26. The Kier molecular flexibility index (Phi) is 7.23. The first kappa shape index (κ1) is 28.8. The summed E-state index contributed by atoms with van der Waals surface area (Å²) in [7, 11) is 1.96. The molecule has 0 saturated carbocycles. The fourth-order valence-corrected chi connectivity index (χ4v) is 6.02. The molecule has 0 unspecified atom stereocenters. The van der Waals surface area contributed by atoms with Gasteiger partial charge in [0, 0.05) is 63.3 Å². The fourth-order valence-electron chi connectivity index (χ4n) is 6.02. The highest BCUT2D eigenvalue weighted by molar-refractivity contribution is 6.09. The van der Waals surface area contributed by atoms with E-state index in [1.165, 1.54) is 17.0 Å². The number of fused-ring (bicyclic) bond motifs is 1. The quantitative estimate of drug-likeness (QED) is 0.332. The maximum atomic E-state index is 13.9. The number of likely N-dealkylation sites (tertiary alicyclic amines) is 2. The van der Waals surface area contributed by atoms with Crippen LogP contribution >= 0.6 is 0 Å². The molecule has 0 spiro atoms. The molecule has 3 saturated heterocycles. The van der Waals surface area contributed by atoms with Crippen LogP contribution in [0.15, 0.2) is 54.9 Å². The minimum absolute atomic E-state index is 0.0116. The van der Waals surface area contributed by atoms with Gasteiger partial charge in [0.2, 0.25) is 5.91 Å². The molecule has 0 radical (unpaired) electrons. The van der Waals surface area contributed by atoms with Crippen LogP contribution in [0.3, 0.4) is 0 Å². The number of piperazine rings is 1. The van der Waals surface area contributed by atoms with Gasteiger partial charge in [-0.3, -0.25) is 19.1 Å². The average Bonchev–Trinajstić information content (AvgIpc) is 3.33. The van der Waals surface area contributed by atoms with E-state index < -0.39 is 29.5 Å². The van der Waals surface area contributed by atoms with Gasteiger partial charge >= 0.3 is 6.18 Å². The van der Waals surface area contributed by atoms with Gasteiger partial charge in [0.1, 0.15) is 5.69 Å². The lowest BCUT2D eigenvalue weighted by atomic mass is 9.99. The maximum absolute atomic E-state index is 13.9. The maximum Gasteiger partial charge on any atom is 0.416 e. The summed E-state index contributed by atoms with van der Waals surface area (Å²) in [6.07, 6.45) is -4.50. The summed E-state index contributed by atoms with van der Waals surface area (Å²) >= 11 is 0. The first-order chi connectivity index (χ1) is 20.4. The molecule has 1 aromatic heterocycles. The number of para-hydroxylation sites is 1. The molecule has 13 heteroatoms. The summed E-state index contributed by atoms with van der Waals surface area (Å²) in [5, 5.41) is 5.29. The SMILES string of the molecule is C=C(F)C(=O)N1CC(n2nc(-c3ccc(C(F)(F)F)cc3)c3cccc(C(=O)N4CCN(C(=O)C5CN(C)C5)CC4)c32)C1. The third kappa shape index (κ3) is 5.26. The van der Waals surface area contributed by atoms with Crippen molar-refractivity contribution in [1.29, 1.82) is 0 Å². The first-order valence-electron chi connectivity index (χ1n) is 14.0. The van der Waals surface area contributed by atoms with Crippen LogP contribution in [0.2, 0.25) is 0 Å². The molecular formula is C30H30F4N6O3. The average molecular weight is 599 g/mol. The molecule has 0 bridgehead atoms. The van der Waals surface area contributed by atoms with E-state index in [9.17, 15) is 31.9 Å². The van der Waals surface area contributed by atoms with Gasteiger partial charge in [-0.25, -0.2) is 4.39 Å². The Morgan fingerprint density at radius 2 is 1.51 bits per heavy atom. The van der Waals surface area contributed by atoms with Gasteiger partial charge in [0.25, 0.3) is 11.8 Å². The van der Waals surface area contributed by atoms with Gasteiger partial charge in [0.05, 0.1) is 28.6 Å². The van der Waals surface area contributed by atoms with Crippen LogP contribution in [-0.4, -0.2) is 107 Å². The normalized spacial score (nSPS) is 18.5. The summed E-state index contributed by atoms with van der Waals surface area (Å²) in [5.41, 5.74) is 0.855. The molecule has 3 fully saturated rings.